The van der Waals surface area contributed by atoms with Crippen LogP contribution in [0.2, 0.25) is 0 Å². The molecule has 0 unspecified atom stereocenters. The van der Waals surface area contributed by atoms with E-state index in [1.165, 1.54) is 24.0 Å². The van der Waals surface area contributed by atoms with Crippen molar-refractivity contribution in [3.8, 4) is 6.07 Å². The van der Waals surface area contributed by atoms with Gasteiger partial charge >= 0.3 is 0 Å². The van der Waals surface area contributed by atoms with Gasteiger partial charge in [-0.2, -0.15) is 5.26 Å². The van der Waals surface area contributed by atoms with Gasteiger partial charge in [0.25, 0.3) is 0 Å². The zero-order valence-corrected chi connectivity index (χ0v) is 10.3. The maximum atomic E-state index is 9.42. The summed E-state index contributed by atoms with van der Waals surface area (Å²) >= 11 is 3.50. The van der Waals surface area contributed by atoms with Crippen LogP contribution in [0.5, 0.6) is 0 Å². The van der Waals surface area contributed by atoms with Crippen LogP contribution in [0.25, 0.3) is 0 Å². The van der Waals surface area contributed by atoms with E-state index in [1.807, 2.05) is 12.1 Å². The van der Waals surface area contributed by atoms with Crippen molar-refractivity contribution in [1.82, 2.24) is 0 Å². The SMILES string of the molecule is N#CC1(c2ccccc2CBr)CCCC1. The second-order valence-corrected chi connectivity index (χ2v) is 4.75. The molecule has 0 aromatic heterocycles. The Morgan fingerprint density at radius 3 is 2.53 bits per heavy atom. The summed E-state index contributed by atoms with van der Waals surface area (Å²) in [5.74, 6) is 0. The molecule has 15 heavy (non-hydrogen) atoms. The molecule has 1 fully saturated rings. The molecule has 0 N–H and O–H groups in total. The molecule has 1 nitrogen and oxygen atoms in total. The molecular weight excluding hydrogens is 250 g/mol. The number of nitriles is 1. The Hall–Kier alpha value is -0.810. The van der Waals surface area contributed by atoms with Gasteiger partial charge in [-0.25, -0.2) is 0 Å². The molecule has 1 aliphatic carbocycles. The molecule has 0 saturated heterocycles. The first-order valence-corrected chi connectivity index (χ1v) is 6.50. The van der Waals surface area contributed by atoms with Gasteiger partial charge in [0, 0.05) is 5.33 Å². The molecule has 78 valence electrons. The molecule has 1 saturated carbocycles. The summed E-state index contributed by atoms with van der Waals surface area (Å²) in [4.78, 5) is 0. The second kappa shape index (κ2) is 4.37. The maximum absolute atomic E-state index is 9.42. The van der Waals surface area contributed by atoms with Crippen molar-refractivity contribution in [3.05, 3.63) is 35.4 Å². The summed E-state index contributed by atoms with van der Waals surface area (Å²) in [7, 11) is 0. The smallest absolute Gasteiger partial charge is 0.0825 e. The van der Waals surface area contributed by atoms with Crippen LogP contribution in [-0.4, -0.2) is 0 Å². The van der Waals surface area contributed by atoms with Gasteiger partial charge in [0.15, 0.2) is 0 Å². The van der Waals surface area contributed by atoms with E-state index in [4.69, 9.17) is 0 Å². The van der Waals surface area contributed by atoms with Gasteiger partial charge in [0.05, 0.1) is 11.5 Å². The lowest BCUT2D eigenvalue weighted by atomic mass is 9.78. The molecule has 0 heterocycles. The molecule has 1 aromatic carbocycles. The van der Waals surface area contributed by atoms with E-state index in [-0.39, 0.29) is 5.41 Å². The maximum Gasteiger partial charge on any atom is 0.0825 e. The van der Waals surface area contributed by atoms with Crippen molar-refractivity contribution >= 4 is 15.9 Å². The number of hydrogen-bond acceptors (Lipinski definition) is 1. The highest BCUT2D eigenvalue weighted by Gasteiger charge is 2.36. The van der Waals surface area contributed by atoms with Gasteiger partial charge in [-0.3, -0.25) is 0 Å². The molecule has 0 atom stereocenters. The number of benzene rings is 1. The number of nitrogens with zero attached hydrogens (tertiary/aromatic N) is 1. The Kier molecular flexibility index (Phi) is 3.11. The van der Waals surface area contributed by atoms with Crippen LogP contribution in [-0.2, 0) is 10.7 Å². The number of hydrogen-bond donors (Lipinski definition) is 0. The van der Waals surface area contributed by atoms with Crippen LogP contribution < -0.4 is 0 Å². The summed E-state index contributed by atoms with van der Waals surface area (Å²) in [5, 5.41) is 10.3. The summed E-state index contributed by atoms with van der Waals surface area (Å²) in [6.07, 6.45) is 4.41. The van der Waals surface area contributed by atoms with E-state index in [0.717, 1.165) is 18.2 Å². The topological polar surface area (TPSA) is 23.8 Å². The monoisotopic (exact) mass is 263 g/mol. The first-order chi connectivity index (χ1) is 7.32. The number of alkyl halides is 1. The Bertz CT molecular complexity index is 386. The minimum atomic E-state index is -0.204. The zero-order chi connectivity index (χ0) is 10.7. The molecule has 2 heteroatoms. The first kappa shape index (κ1) is 10.7. The van der Waals surface area contributed by atoms with Gasteiger partial charge in [0.2, 0.25) is 0 Å². The van der Waals surface area contributed by atoms with Crippen LogP contribution in [0.1, 0.15) is 36.8 Å². The quantitative estimate of drug-likeness (QED) is 0.743. The van der Waals surface area contributed by atoms with E-state index in [0.29, 0.717) is 0 Å². The van der Waals surface area contributed by atoms with Gasteiger partial charge in [0.1, 0.15) is 0 Å². The second-order valence-electron chi connectivity index (χ2n) is 4.19. The Morgan fingerprint density at radius 1 is 1.27 bits per heavy atom. The average molecular weight is 264 g/mol. The van der Waals surface area contributed by atoms with E-state index >= 15 is 0 Å². The van der Waals surface area contributed by atoms with Crippen molar-refractivity contribution in [2.24, 2.45) is 0 Å². The fourth-order valence-electron chi connectivity index (χ4n) is 2.52. The van der Waals surface area contributed by atoms with E-state index in [2.05, 4.69) is 34.1 Å². The van der Waals surface area contributed by atoms with Crippen molar-refractivity contribution in [1.29, 1.82) is 5.26 Å². The zero-order valence-electron chi connectivity index (χ0n) is 8.67. The molecular formula is C13H14BrN. The highest BCUT2D eigenvalue weighted by Crippen LogP contribution is 2.42. The highest BCUT2D eigenvalue weighted by molar-refractivity contribution is 9.08. The Labute approximate surface area is 99.2 Å². The van der Waals surface area contributed by atoms with Crippen molar-refractivity contribution in [2.45, 2.75) is 36.4 Å². The van der Waals surface area contributed by atoms with E-state index < -0.39 is 0 Å². The molecule has 0 aliphatic heterocycles. The van der Waals surface area contributed by atoms with E-state index in [9.17, 15) is 5.26 Å². The summed E-state index contributed by atoms with van der Waals surface area (Å²) < 4.78 is 0. The minimum absolute atomic E-state index is 0.204. The summed E-state index contributed by atoms with van der Waals surface area (Å²) in [6.45, 7) is 0. The predicted molar refractivity (Wildman–Crippen MR) is 64.8 cm³/mol. The fraction of sp³-hybridized carbons (Fsp3) is 0.462. The molecule has 2 rings (SSSR count). The molecule has 0 amide bonds. The highest BCUT2D eigenvalue weighted by atomic mass is 79.9. The number of rotatable bonds is 2. The van der Waals surface area contributed by atoms with Crippen molar-refractivity contribution < 1.29 is 0 Å². The molecule has 1 aromatic rings. The third-order valence-electron chi connectivity index (χ3n) is 3.35. The van der Waals surface area contributed by atoms with Crippen LogP contribution in [0.3, 0.4) is 0 Å². The molecule has 0 spiro atoms. The van der Waals surface area contributed by atoms with Gasteiger partial charge < -0.3 is 0 Å². The average Bonchev–Trinajstić information content (AvgIpc) is 2.79. The normalized spacial score (nSPS) is 18.7. The summed E-state index contributed by atoms with van der Waals surface area (Å²) in [6, 6.07) is 10.9. The Morgan fingerprint density at radius 2 is 1.93 bits per heavy atom. The van der Waals surface area contributed by atoms with Gasteiger partial charge in [-0.05, 0) is 24.0 Å². The fourth-order valence-corrected chi connectivity index (χ4v) is 3.01. The minimum Gasteiger partial charge on any atom is -0.197 e. The number of halogens is 1. The van der Waals surface area contributed by atoms with Crippen LogP contribution >= 0.6 is 15.9 Å². The predicted octanol–water partition coefficient (Wildman–Crippen LogP) is 3.92. The lowest BCUT2D eigenvalue weighted by Gasteiger charge is -2.23. The molecule has 0 radical (unpaired) electrons. The Balaban J connectivity index is 2.47. The van der Waals surface area contributed by atoms with Crippen LogP contribution in [0.15, 0.2) is 24.3 Å². The third-order valence-corrected chi connectivity index (χ3v) is 3.95. The standard InChI is InChI=1S/C13H14BrN/c14-9-11-5-1-2-6-12(11)13(10-15)7-3-4-8-13/h1-2,5-6H,3-4,7-9H2. The van der Waals surface area contributed by atoms with Crippen LogP contribution in [0.4, 0.5) is 0 Å². The largest absolute Gasteiger partial charge is 0.197 e. The molecule has 0 bridgehead atoms. The van der Waals surface area contributed by atoms with Crippen LogP contribution in [0, 0.1) is 11.3 Å². The van der Waals surface area contributed by atoms with Gasteiger partial charge in [-0.15, -0.1) is 0 Å². The van der Waals surface area contributed by atoms with Gasteiger partial charge in [-0.1, -0.05) is 53.0 Å². The third kappa shape index (κ3) is 1.81. The summed E-state index contributed by atoms with van der Waals surface area (Å²) in [5.41, 5.74) is 2.30. The lowest BCUT2D eigenvalue weighted by Crippen LogP contribution is -2.20. The van der Waals surface area contributed by atoms with Crippen molar-refractivity contribution in [3.63, 3.8) is 0 Å². The lowest BCUT2D eigenvalue weighted by molar-refractivity contribution is 0.569. The van der Waals surface area contributed by atoms with Crippen molar-refractivity contribution in [2.75, 3.05) is 0 Å². The van der Waals surface area contributed by atoms with E-state index in [1.54, 1.807) is 0 Å². The first-order valence-electron chi connectivity index (χ1n) is 5.38. The molecule has 1 aliphatic rings.